The summed E-state index contributed by atoms with van der Waals surface area (Å²) in [6.07, 6.45) is 4.32. The molecule has 0 bridgehead atoms. The number of rotatable bonds is 8. The Labute approximate surface area is 135 Å². The average molecular weight is 380 g/mol. The lowest BCUT2D eigenvalue weighted by molar-refractivity contribution is 0.320. The second-order valence-corrected chi connectivity index (χ2v) is 8.64. The van der Waals surface area contributed by atoms with Gasteiger partial charge in [0, 0.05) is 6.54 Å². The number of hydrogen-bond acceptors (Lipinski definition) is 2. The molecule has 21 heavy (non-hydrogen) atoms. The second-order valence-electron chi connectivity index (χ2n) is 6.02. The van der Waals surface area contributed by atoms with Crippen LogP contribution in [0.5, 0.6) is 0 Å². The third kappa shape index (κ3) is 6.04. The van der Waals surface area contributed by atoms with Crippen molar-refractivity contribution in [1.29, 1.82) is 0 Å². The Morgan fingerprint density at radius 3 is 2.52 bits per heavy atom. The Morgan fingerprint density at radius 2 is 1.95 bits per heavy atom. The van der Waals surface area contributed by atoms with Crippen LogP contribution in [0.4, 0.5) is 4.39 Å². The van der Waals surface area contributed by atoms with Crippen molar-refractivity contribution in [3.05, 3.63) is 28.5 Å². The fourth-order valence-corrected chi connectivity index (χ4v) is 3.46. The van der Waals surface area contributed by atoms with Gasteiger partial charge in [-0.3, -0.25) is 0 Å². The van der Waals surface area contributed by atoms with Crippen molar-refractivity contribution < 1.29 is 12.8 Å². The summed E-state index contributed by atoms with van der Waals surface area (Å²) in [5.74, 6) is -0.583. The highest BCUT2D eigenvalue weighted by Gasteiger charge is 2.22. The molecule has 0 saturated carbocycles. The molecule has 0 unspecified atom stereocenters. The maximum Gasteiger partial charge on any atom is 0.240 e. The van der Waals surface area contributed by atoms with E-state index in [0.717, 1.165) is 31.7 Å². The first-order valence-electron chi connectivity index (χ1n) is 7.13. The van der Waals surface area contributed by atoms with Crippen LogP contribution in [0.25, 0.3) is 0 Å². The van der Waals surface area contributed by atoms with E-state index in [1.54, 1.807) is 0 Å². The van der Waals surface area contributed by atoms with Crippen molar-refractivity contribution in [1.82, 2.24) is 4.72 Å². The van der Waals surface area contributed by atoms with Crippen molar-refractivity contribution in [2.24, 2.45) is 5.41 Å². The molecule has 0 amide bonds. The SMILES string of the molecule is CCCCCC(C)(C)CNS(=O)(=O)c1ccc(Br)c(F)c1. The first-order valence-corrected chi connectivity index (χ1v) is 9.40. The van der Waals surface area contributed by atoms with E-state index in [1.807, 2.05) is 13.8 Å². The van der Waals surface area contributed by atoms with Gasteiger partial charge in [-0.15, -0.1) is 0 Å². The maximum absolute atomic E-state index is 13.5. The van der Waals surface area contributed by atoms with E-state index >= 15 is 0 Å². The third-order valence-corrected chi connectivity index (χ3v) is 5.44. The highest BCUT2D eigenvalue weighted by atomic mass is 79.9. The molecule has 0 aliphatic heterocycles. The molecule has 0 aliphatic rings. The Balaban J connectivity index is 2.70. The van der Waals surface area contributed by atoms with E-state index in [2.05, 4.69) is 27.6 Å². The number of nitrogens with one attached hydrogen (secondary N) is 1. The lowest BCUT2D eigenvalue weighted by Crippen LogP contribution is -2.34. The predicted molar refractivity (Wildman–Crippen MR) is 87.2 cm³/mol. The molecule has 0 spiro atoms. The zero-order valence-corrected chi connectivity index (χ0v) is 15.2. The van der Waals surface area contributed by atoms with Gasteiger partial charge in [0.1, 0.15) is 5.82 Å². The molecule has 120 valence electrons. The summed E-state index contributed by atoms with van der Waals surface area (Å²) in [4.78, 5) is -0.0486. The minimum absolute atomic E-state index is 0.0486. The summed E-state index contributed by atoms with van der Waals surface area (Å²) >= 11 is 3.01. The Kier molecular flexibility index (Phi) is 6.81. The van der Waals surface area contributed by atoms with Crippen LogP contribution >= 0.6 is 15.9 Å². The van der Waals surface area contributed by atoms with Gasteiger partial charge in [0.2, 0.25) is 10.0 Å². The molecule has 0 radical (unpaired) electrons. The second kappa shape index (κ2) is 7.70. The highest BCUT2D eigenvalue weighted by molar-refractivity contribution is 9.10. The van der Waals surface area contributed by atoms with Gasteiger partial charge in [-0.25, -0.2) is 17.5 Å². The molecule has 1 aromatic carbocycles. The lowest BCUT2D eigenvalue weighted by Gasteiger charge is -2.24. The number of unbranched alkanes of at least 4 members (excludes halogenated alkanes) is 2. The van der Waals surface area contributed by atoms with Gasteiger partial charge < -0.3 is 0 Å². The fourth-order valence-electron chi connectivity index (χ4n) is 1.96. The van der Waals surface area contributed by atoms with Crippen molar-refractivity contribution in [3.63, 3.8) is 0 Å². The van der Waals surface area contributed by atoms with Gasteiger partial charge in [-0.2, -0.15) is 0 Å². The van der Waals surface area contributed by atoms with Crippen LogP contribution in [0.2, 0.25) is 0 Å². The van der Waals surface area contributed by atoms with E-state index in [1.165, 1.54) is 12.1 Å². The van der Waals surface area contributed by atoms with Gasteiger partial charge in [0.25, 0.3) is 0 Å². The van der Waals surface area contributed by atoms with Crippen molar-refractivity contribution in [2.75, 3.05) is 6.54 Å². The van der Waals surface area contributed by atoms with Gasteiger partial charge in [-0.1, -0.05) is 40.0 Å². The summed E-state index contributed by atoms with van der Waals surface area (Å²) in [6, 6.07) is 3.81. The van der Waals surface area contributed by atoms with Crippen molar-refractivity contribution >= 4 is 26.0 Å². The normalized spacial score (nSPS) is 12.6. The first-order chi connectivity index (χ1) is 9.68. The van der Waals surface area contributed by atoms with E-state index < -0.39 is 15.8 Å². The minimum Gasteiger partial charge on any atom is -0.211 e. The fraction of sp³-hybridized carbons (Fsp3) is 0.600. The summed E-state index contributed by atoms with van der Waals surface area (Å²) in [5.41, 5.74) is -0.115. The minimum atomic E-state index is -3.67. The van der Waals surface area contributed by atoms with Crippen molar-refractivity contribution in [3.8, 4) is 0 Å². The Bertz CT molecular complexity index is 573. The molecule has 0 saturated heterocycles. The van der Waals surface area contributed by atoms with Crippen LogP contribution in [-0.2, 0) is 10.0 Å². The number of hydrogen-bond donors (Lipinski definition) is 1. The zero-order chi connectivity index (χ0) is 16.1. The molecule has 0 fully saturated rings. The monoisotopic (exact) mass is 379 g/mol. The molecule has 6 heteroatoms. The van der Waals surface area contributed by atoms with Crippen LogP contribution in [0.3, 0.4) is 0 Å². The van der Waals surface area contributed by atoms with E-state index in [9.17, 15) is 12.8 Å². The molecular weight excluding hydrogens is 357 g/mol. The Morgan fingerprint density at radius 1 is 1.29 bits per heavy atom. The quantitative estimate of drug-likeness (QED) is 0.677. The standard InChI is InChI=1S/C15H23BrFNO2S/c1-4-5-6-9-15(2,3)11-18-21(19,20)12-7-8-13(16)14(17)10-12/h7-8,10,18H,4-6,9,11H2,1-3H3. The van der Waals surface area contributed by atoms with E-state index in [0.29, 0.717) is 6.54 Å². The summed E-state index contributed by atoms with van der Waals surface area (Å²) < 4.78 is 40.6. The molecule has 0 heterocycles. The summed E-state index contributed by atoms with van der Waals surface area (Å²) in [5, 5.41) is 0. The Hall–Kier alpha value is -0.460. The predicted octanol–water partition coefficient (Wildman–Crippen LogP) is 4.47. The summed E-state index contributed by atoms with van der Waals surface area (Å²) in [7, 11) is -3.67. The van der Waals surface area contributed by atoms with Crippen LogP contribution < -0.4 is 4.72 Å². The molecule has 1 N–H and O–H groups in total. The third-order valence-electron chi connectivity index (χ3n) is 3.40. The molecule has 1 aromatic rings. The van der Waals surface area contributed by atoms with Crippen molar-refractivity contribution in [2.45, 2.75) is 51.3 Å². The largest absolute Gasteiger partial charge is 0.240 e. The van der Waals surface area contributed by atoms with Crippen LogP contribution in [0.1, 0.15) is 46.5 Å². The average Bonchev–Trinajstić information content (AvgIpc) is 2.40. The lowest BCUT2D eigenvalue weighted by atomic mass is 9.87. The highest BCUT2D eigenvalue weighted by Crippen LogP contribution is 2.24. The maximum atomic E-state index is 13.5. The van der Waals surface area contributed by atoms with Gasteiger partial charge in [0.05, 0.1) is 9.37 Å². The van der Waals surface area contributed by atoms with Gasteiger partial charge in [0.15, 0.2) is 0 Å². The van der Waals surface area contributed by atoms with E-state index in [-0.39, 0.29) is 14.8 Å². The topological polar surface area (TPSA) is 46.2 Å². The number of benzene rings is 1. The van der Waals surface area contributed by atoms with Crippen LogP contribution in [-0.4, -0.2) is 15.0 Å². The molecule has 3 nitrogen and oxygen atoms in total. The molecule has 0 aromatic heterocycles. The van der Waals surface area contributed by atoms with E-state index in [4.69, 9.17) is 0 Å². The summed E-state index contributed by atoms with van der Waals surface area (Å²) in [6.45, 7) is 6.55. The molecule has 0 atom stereocenters. The molecular formula is C15H23BrFNO2S. The van der Waals surface area contributed by atoms with Crippen LogP contribution in [0, 0.1) is 11.2 Å². The molecule has 1 rings (SSSR count). The first kappa shape index (κ1) is 18.6. The van der Waals surface area contributed by atoms with Gasteiger partial charge >= 0.3 is 0 Å². The zero-order valence-electron chi connectivity index (χ0n) is 12.7. The number of halogens is 2. The van der Waals surface area contributed by atoms with Crippen LogP contribution in [0.15, 0.2) is 27.6 Å². The molecule has 0 aliphatic carbocycles. The van der Waals surface area contributed by atoms with Gasteiger partial charge in [-0.05, 0) is 46.0 Å². The smallest absolute Gasteiger partial charge is 0.211 e. The number of sulfonamides is 1.